The molecular formula is C14H19N3O3. The average molecular weight is 277 g/mol. The smallest absolute Gasteiger partial charge is 0.238 e. The molecule has 0 aliphatic carbocycles. The molecule has 1 amide bonds. The number of methoxy groups -OCH3 is 1. The Morgan fingerprint density at radius 3 is 2.90 bits per heavy atom. The van der Waals surface area contributed by atoms with Crippen molar-refractivity contribution >= 4 is 11.6 Å². The Hall–Kier alpha value is -1.94. The maximum atomic E-state index is 11.9. The number of nitrogens with one attached hydrogen (secondary N) is 1. The van der Waals surface area contributed by atoms with Gasteiger partial charge in [0.25, 0.3) is 0 Å². The molecule has 2 N–H and O–H groups in total. The van der Waals surface area contributed by atoms with E-state index in [2.05, 4.69) is 5.32 Å². The van der Waals surface area contributed by atoms with Crippen LogP contribution in [-0.4, -0.2) is 55.9 Å². The standard InChI is InChI=1S/C14H19N3O3/c1-17(8-12(18)10-20-2)9-14(19)16-13-6-4-3-5-11(13)7-15/h3-6,12,18H,8-10H2,1-2H3,(H,16,19). The quantitative estimate of drug-likeness (QED) is 0.755. The van der Waals surface area contributed by atoms with Crippen molar-refractivity contribution in [1.82, 2.24) is 4.90 Å². The molecule has 1 aromatic rings. The van der Waals surface area contributed by atoms with Crippen molar-refractivity contribution in [3.05, 3.63) is 29.8 Å². The number of ether oxygens (including phenoxy) is 1. The number of hydrogen-bond donors (Lipinski definition) is 2. The summed E-state index contributed by atoms with van der Waals surface area (Å²) in [5, 5.41) is 21.2. The number of likely N-dealkylation sites (N-methyl/N-ethyl adjacent to an activating group) is 1. The first-order chi connectivity index (χ1) is 9.56. The van der Waals surface area contributed by atoms with Crippen molar-refractivity contribution in [2.75, 3.05) is 39.2 Å². The van der Waals surface area contributed by atoms with Gasteiger partial charge in [-0.15, -0.1) is 0 Å². The fourth-order valence-corrected chi connectivity index (χ4v) is 1.79. The number of carbonyl (C=O) groups excluding carboxylic acids is 1. The molecule has 0 saturated carbocycles. The monoisotopic (exact) mass is 277 g/mol. The van der Waals surface area contributed by atoms with Gasteiger partial charge in [-0.2, -0.15) is 5.26 Å². The lowest BCUT2D eigenvalue weighted by molar-refractivity contribution is -0.117. The van der Waals surface area contributed by atoms with E-state index in [4.69, 9.17) is 10.00 Å². The fourth-order valence-electron chi connectivity index (χ4n) is 1.79. The summed E-state index contributed by atoms with van der Waals surface area (Å²) in [7, 11) is 3.24. The minimum atomic E-state index is -0.635. The summed E-state index contributed by atoms with van der Waals surface area (Å²) in [4.78, 5) is 13.5. The number of benzene rings is 1. The van der Waals surface area contributed by atoms with E-state index in [9.17, 15) is 9.90 Å². The van der Waals surface area contributed by atoms with Crippen LogP contribution in [0.4, 0.5) is 5.69 Å². The van der Waals surface area contributed by atoms with Gasteiger partial charge in [-0.1, -0.05) is 12.1 Å². The number of aliphatic hydroxyl groups excluding tert-OH is 1. The van der Waals surface area contributed by atoms with Crippen LogP contribution in [0.5, 0.6) is 0 Å². The van der Waals surface area contributed by atoms with Crippen LogP contribution in [0.25, 0.3) is 0 Å². The third-order valence-corrected chi connectivity index (χ3v) is 2.62. The van der Waals surface area contributed by atoms with Gasteiger partial charge < -0.3 is 15.2 Å². The van der Waals surface area contributed by atoms with E-state index in [1.807, 2.05) is 6.07 Å². The number of rotatable bonds is 7. The van der Waals surface area contributed by atoms with Crippen molar-refractivity contribution in [3.8, 4) is 6.07 Å². The van der Waals surface area contributed by atoms with Gasteiger partial charge in [-0.25, -0.2) is 0 Å². The van der Waals surface area contributed by atoms with Gasteiger partial charge in [-0.05, 0) is 19.2 Å². The summed E-state index contributed by atoms with van der Waals surface area (Å²) in [5.74, 6) is -0.236. The van der Waals surface area contributed by atoms with E-state index in [1.54, 1.807) is 36.2 Å². The molecule has 0 aliphatic heterocycles. The molecule has 0 heterocycles. The Bertz CT molecular complexity index is 485. The molecule has 20 heavy (non-hydrogen) atoms. The molecule has 0 aliphatic rings. The maximum absolute atomic E-state index is 11.9. The molecule has 0 fully saturated rings. The number of anilines is 1. The van der Waals surface area contributed by atoms with Crippen LogP contribution >= 0.6 is 0 Å². The van der Waals surface area contributed by atoms with Crippen molar-refractivity contribution in [3.63, 3.8) is 0 Å². The summed E-state index contributed by atoms with van der Waals surface area (Å²) >= 11 is 0. The molecule has 1 unspecified atom stereocenters. The van der Waals surface area contributed by atoms with Gasteiger partial charge >= 0.3 is 0 Å². The number of para-hydroxylation sites is 1. The lowest BCUT2D eigenvalue weighted by Gasteiger charge is -2.19. The molecule has 1 aromatic carbocycles. The Kier molecular flexibility index (Phi) is 6.67. The van der Waals surface area contributed by atoms with Crippen LogP contribution in [-0.2, 0) is 9.53 Å². The van der Waals surface area contributed by atoms with E-state index >= 15 is 0 Å². The Morgan fingerprint density at radius 2 is 2.25 bits per heavy atom. The third-order valence-electron chi connectivity index (χ3n) is 2.62. The number of aliphatic hydroxyl groups is 1. The van der Waals surface area contributed by atoms with Crippen molar-refractivity contribution in [1.29, 1.82) is 5.26 Å². The first kappa shape index (κ1) is 16.1. The fraction of sp³-hybridized carbons (Fsp3) is 0.429. The number of hydrogen-bond acceptors (Lipinski definition) is 5. The SMILES string of the molecule is COCC(O)CN(C)CC(=O)Nc1ccccc1C#N. The number of nitriles is 1. The van der Waals surface area contributed by atoms with E-state index in [0.29, 0.717) is 17.8 Å². The second-order valence-corrected chi connectivity index (χ2v) is 4.51. The van der Waals surface area contributed by atoms with E-state index < -0.39 is 6.10 Å². The van der Waals surface area contributed by atoms with Gasteiger partial charge in [0.05, 0.1) is 30.5 Å². The summed E-state index contributed by atoms with van der Waals surface area (Å²) < 4.78 is 4.82. The first-order valence-electron chi connectivity index (χ1n) is 6.21. The molecule has 1 rings (SSSR count). The van der Waals surface area contributed by atoms with Gasteiger partial charge in [-0.3, -0.25) is 9.69 Å². The van der Waals surface area contributed by atoms with Crippen LogP contribution in [0.2, 0.25) is 0 Å². The maximum Gasteiger partial charge on any atom is 0.238 e. The summed E-state index contributed by atoms with van der Waals surface area (Å²) in [5.41, 5.74) is 0.911. The highest BCUT2D eigenvalue weighted by atomic mass is 16.5. The van der Waals surface area contributed by atoms with Crippen LogP contribution < -0.4 is 5.32 Å². The number of amides is 1. The lowest BCUT2D eigenvalue weighted by Crippen LogP contribution is -2.37. The van der Waals surface area contributed by atoms with Crippen LogP contribution in [0, 0.1) is 11.3 Å². The van der Waals surface area contributed by atoms with Crippen LogP contribution in [0.15, 0.2) is 24.3 Å². The largest absolute Gasteiger partial charge is 0.389 e. The molecule has 0 aromatic heterocycles. The zero-order valence-electron chi connectivity index (χ0n) is 11.7. The molecule has 0 spiro atoms. The Labute approximate surface area is 118 Å². The summed E-state index contributed by atoms with van der Waals surface area (Å²) in [6, 6.07) is 8.83. The van der Waals surface area contributed by atoms with E-state index in [0.717, 1.165) is 0 Å². The molecule has 6 heteroatoms. The summed E-state index contributed by atoms with van der Waals surface area (Å²) in [6.07, 6.45) is -0.635. The molecular weight excluding hydrogens is 258 g/mol. The van der Waals surface area contributed by atoms with Crippen LogP contribution in [0.1, 0.15) is 5.56 Å². The van der Waals surface area contributed by atoms with Crippen molar-refractivity contribution in [2.45, 2.75) is 6.10 Å². The normalized spacial score (nSPS) is 11.9. The van der Waals surface area contributed by atoms with Gasteiger partial charge in [0.1, 0.15) is 6.07 Å². The average Bonchev–Trinajstić information content (AvgIpc) is 2.39. The molecule has 0 saturated heterocycles. The van der Waals surface area contributed by atoms with E-state index in [1.165, 1.54) is 7.11 Å². The number of carbonyl (C=O) groups is 1. The van der Waals surface area contributed by atoms with E-state index in [-0.39, 0.29) is 19.1 Å². The lowest BCUT2D eigenvalue weighted by atomic mass is 10.2. The third kappa shape index (κ3) is 5.36. The highest BCUT2D eigenvalue weighted by molar-refractivity contribution is 5.93. The highest BCUT2D eigenvalue weighted by Crippen LogP contribution is 2.13. The predicted octanol–water partition coefficient (Wildman–Crippen LogP) is 0.436. The van der Waals surface area contributed by atoms with Crippen molar-refractivity contribution in [2.24, 2.45) is 0 Å². The van der Waals surface area contributed by atoms with Gasteiger partial charge in [0.15, 0.2) is 0 Å². The zero-order valence-corrected chi connectivity index (χ0v) is 11.7. The number of nitrogens with zero attached hydrogens (tertiary/aromatic N) is 2. The molecule has 1 atom stereocenters. The van der Waals surface area contributed by atoms with Crippen LogP contribution in [0.3, 0.4) is 0 Å². The first-order valence-corrected chi connectivity index (χ1v) is 6.21. The Balaban J connectivity index is 2.49. The zero-order chi connectivity index (χ0) is 15.0. The second-order valence-electron chi connectivity index (χ2n) is 4.51. The second kappa shape index (κ2) is 8.27. The van der Waals surface area contributed by atoms with Crippen molar-refractivity contribution < 1.29 is 14.6 Å². The highest BCUT2D eigenvalue weighted by Gasteiger charge is 2.12. The molecule has 0 bridgehead atoms. The molecule has 108 valence electrons. The van der Waals surface area contributed by atoms with Gasteiger partial charge in [0, 0.05) is 13.7 Å². The predicted molar refractivity (Wildman–Crippen MR) is 75.2 cm³/mol. The topological polar surface area (TPSA) is 85.6 Å². The summed E-state index contributed by atoms with van der Waals surface area (Å²) in [6.45, 7) is 0.685. The minimum absolute atomic E-state index is 0.126. The molecule has 0 radical (unpaired) electrons. The molecule has 6 nitrogen and oxygen atoms in total. The Morgan fingerprint density at radius 1 is 1.55 bits per heavy atom. The minimum Gasteiger partial charge on any atom is -0.389 e. The van der Waals surface area contributed by atoms with Gasteiger partial charge in [0.2, 0.25) is 5.91 Å².